The molecule has 3 amide bonds. The number of nitrogens with one attached hydrogen (secondary N) is 1. The summed E-state index contributed by atoms with van der Waals surface area (Å²) in [4.78, 5) is 41.4. The van der Waals surface area contributed by atoms with Gasteiger partial charge in [-0.25, -0.2) is 0 Å². The highest BCUT2D eigenvalue weighted by Gasteiger charge is 2.67. The van der Waals surface area contributed by atoms with E-state index in [0.717, 1.165) is 6.42 Å². The zero-order chi connectivity index (χ0) is 18.5. The third-order valence-electron chi connectivity index (χ3n) is 6.06. The molecule has 3 saturated heterocycles. The van der Waals surface area contributed by atoms with Crippen LogP contribution in [0, 0.1) is 17.8 Å². The van der Waals surface area contributed by atoms with Crippen molar-refractivity contribution in [1.82, 2.24) is 15.1 Å². The van der Waals surface area contributed by atoms with Crippen molar-refractivity contribution in [2.45, 2.75) is 38.4 Å². The van der Waals surface area contributed by atoms with Crippen LogP contribution in [0.15, 0.2) is 12.2 Å². The lowest BCUT2D eigenvalue weighted by Crippen LogP contribution is -2.47. The van der Waals surface area contributed by atoms with Gasteiger partial charge in [0, 0.05) is 32.6 Å². The predicted molar refractivity (Wildman–Crippen MR) is 94.0 cm³/mol. The summed E-state index contributed by atoms with van der Waals surface area (Å²) < 4.78 is 6.16. The van der Waals surface area contributed by atoms with Crippen LogP contribution in [0.3, 0.4) is 0 Å². The van der Waals surface area contributed by atoms with Crippen LogP contribution in [0.1, 0.15) is 26.7 Å². The Bertz CT molecular complexity index is 661. The first-order chi connectivity index (χ1) is 12.4. The van der Waals surface area contributed by atoms with E-state index in [2.05, 4.69) is 19.2 Å². The highest BCUT2D eigenvalue weighted by atomic mass is 16.5. The molecule has 2 unspecified atom stereocenters. The van der Waals surface area contributed by atoms with Crippen LogP contribution < -0.4 is 5.32 Å². The van der Waals surface area contributed by atoms with Gasteiger partial charge in [0.1, 0.15) is 5.60 Å². The molecule has 3 fully saturated rings. The van der Waals surface area contributed by atoms with Gasteiger partial charge in [0.2, 0.25) is 17.7 Å². The number of carbonyl (C=O) groups excluding carboxylic acids is 3. The minimum absolute atomic E-state index is 0.0299. The van der Waals surface area contributed by atoms with Crippen molar-refractivity contribution in [2.24, 2.45) is 17.8 Å². The number of ether oxygens (including phenoxy) is 1. The molecule has 0 saturated carbocycles. The fourth-order valence-electron chi connectivity index (χ4n) is 4.66. The summed E-state index contributed by atoms with van der Waals surface area (Å²) in [5.41, 5.74) is -0.640. The molecule has 4 heterocycles. The lowest BCUT2D eigenvalue weighted by Gasteiger charge is -2.29. The number of hydrogen-bond donors (Lipinski definition) is 1. The quantitative estimate of drug-likeness (QED) is 0.724. The van der Waals surface area contributed by atoms with Crippen LogP contribution in [0.5, 0.6) is 0 Å². The Morgan fingerprint density at radius 1 is 1.38 bits per heavy atom. The molecule has 0 aromatic carbocycles. The number of nitrogens with zero attached hydrogens (tertiary/aromatic N) is 2. The summed E-state index contributed by atoms with van der Waals surface area (Å²) in [5.74, 6) is -0.416. The van der Waals surface area contributed by atoms with Gasteiger partial charge in [0.15, 0.2) is 0 Å². The van der Waals surface area contributed by atoms with E-state index in [-0.39, 0.29) is 23.8 Å². The monoisotopic (exact) mass is 361 g/mol. The predicted octanol–water partition coefficient (Wildman–Crippen LogP) is 0.163. The second-order valence-electron chi connectivity index (χ2n) is 8.27. The molecule has 0 radical (unpaired) electrons. The molecule has 0 aliphatic carbocycles. The summed E-state index contributed by atoms with van der Waals surface area (Å²) in [6, 6.07) is 0. The van der Waals surface area contributed by atoms with Crippen LogP contribution in [0.2, 0.25) is 0 Å². The van der Waals surface area contributed by atoms with Gasteiger partial charge >= 0.3 is 0 Å². The smallest absolute Gasteiger partial charge is 0.230 e. The number of hydrogen-bond acceptors (Lipinski definition) is 4. The van der Waals surface area contributed by atoms with Gasteiger partial charge in [-0.15, -0.1) is 0 Å². The van der Waals surface area contributed by atoms with Gasteiger partial charge < -0.3 is 19.9 Å². The van der Waals surface area contributed by atoms with Gasteiger partial charge in [-0.1, -0.05) is 26.0 Å². The molecule has 2 bridgehead atoms. The summed E-state index contributed by atoms with van der Waals surface area (Å²) in [6.45, 7) is 6.89. The average molecular weight is 361 g/mol. The first kappa shape index (κ1) is 17.5. The maximum Gasteiger partial charge on any atom is 0.230 e. The molecule has 142 valence electrons. The number of likely N-dealkylation sites (tertiary alicyclic amines) is 1. The summed E-state index contributed by atoms with van der Waals surface area (Å²) in [5, 5.41) is 2.79. The van der Waals surface area contributed by atoms with E-state index in [1.54, 1.807) is 4.90 Å². The van der Waals surface area contributed by atoms with Crippen molar-refractivity contribution in [2.75, 3.05) is 32.7 Å². The third kappa shape index (κ3) is 2.73. The summed E-state index contributed by atoms with van der Waals surface area (Å²) in [6.07, 6.45) is 4.87. The molecular formula is C19H27N3O4. The first-order valence-corrected chi connectivity index (χ1v) is 9.63. The molecule has 26 heavy (non-hydrogen) atoms. The fraction of sp³-hybridized carbons (Fsp3) is 0.737. The Kier molecular flexibility index (Phi) is 4.29. The molecule has 7 heteroatoms. The number of fused-ring (bicyclic) bond motifs is 1. The molecule has 4 rings (SSSR count). The van der Waals surface area contributed by atoms with Crippen LogP contribution in [0.25, 0.3) is 0 Å². The number of carbonyl (C=O) groups is 3. The third-order valence-corrected chi connectivity index (χ3v) is 6.06. The SMILES string of the molecule is CC(C)CCN1C[C@@]23C=C[C@@H](O2)C(C(=O)N2CCNC(=O)CC2)C3C1=O. The maximum atomic E-state index is 13.2. The second kappa shape index (κ2) is 6.37. The van der Waals surface area contributed by atoms with Crippen LogP contribution in [0.4, 0.5) is 0 Å². The number of rotatable bonds is 4. The Morgan fingerprint density at radius 2 is 2.19 bits per heavy atom. The maximum absolute atomic E-state index is 13.2. The van der Waals surface area contributed by atoms with Crippen molar-refractivity contribution in [3.05, 3.63) is 12.2 Å². The Hall–Kier alpha value is -1.89. The minimum Gasteiger partial charge on any atom is -0.360 e. The van der Waals surface area contributed by atoms with E-state index < -0.39 is 17.4 Å². The molecular weight excluding hydrogens is 334 g/mol. The van der Waals surface area contributed by atoms with Crippen LogP contribution >= 0.6 is 0 Å². The standard InChI is InChI=1S/C19H27N3O4/c1-12(2)4-8-22-11-19-6-3-13(26-19)15(16(19)18(22)25)17(24)21-9-5-14(23)20-7-10-21/h3,6,12-13,15-16H,4-5,7-11H2,1-2H3,(H,20,23)/t13-,15?,16?,19-/m1/s1. The van der Waals surface area contributed by atoms with Crippen molar-refractivity contribution < 1.29 is 19.1 Å². The lowest BCUT2D eigenvalue weighted by atomic mass is 9.76. The largest absolute Gasteiger partial charge is 0.360 e. The lowest BCUT2D eigenvalue weighted by molar-refractivity contribution is -0.143. The molecule has 7 nitrogen and oxygen atoms in total. The minimum atomic E-state index is -0.640. The van der Waals surface area contributed by atoms with Crippen molar-refractivity contribution in [3.63, 3.8) is 0 Å². The van der Waals surface area contributed by atoms with Crippen LogP contribution in [-0.2, 0) is 19.1 Å². The topological polar surface area (TPSA) is 79.0 Å². The molecule has 4 atom stereocenters. The van der Waals surface area contributed by atoms with Crippen LogP contribution in [-0.4, -0.2) is 72.0 Å². The highest BCUT2D eigenvalue weighted by Crippen LogP contribution is 2.52. The highest BCUT2D eigenvalue weighted by molar-refractivity contribution is 5.93. The van der Waals surface area contributed by atoms with Gasteiger partial charge in [0.05, 0.1) is 24.5 Å². The van der Waals surface area contributed by atoms with Crippen molar-refractivity contribution >= 4 is 17.7 Å². The van der Waals surface area contributed by atoms with E-state index in [1.807, 2.05) is 17.1 Å². The molecule has 1 N–H and O–H groups in total. The fourth-order valence-corrected chi connectivity index (χ4v) is 4.66. The molecule has 0 aromatic rings. The average Bonchev–Trinajstić information content (AvgIpc) is 3.17. The molecule has 4 aliphatic rings. The van der Waals surface area contributed by atoms with Crippen molar-refractivity contribution in [1.29, 1.82) is 0 Å². The Balaban J connectivity index is 1.53. The van der Waals surface area contributed by atoms with E-state index in [4.69, 9.17) is 4.74 Å². The van der Waals surface area contributed by atoms with E-state index >= 15 is 0 Å². The number of amides is 3. The van der Waals surface area contributed by atoms with Gasteiger partial charge in [-0.05, 0) is 12.3 Å². The van der Waals surface area contributed by atoms with Gasteiger partial charge in [-0.3, -0.25) is 14.4 Å². The Morgan fingerprint density at radius 3 is 2.96 bits per heavy atom. The first-order valence-electron chi connectivity index (χ1n) is 9.63. The van der Waals surface area contributed by atoms with E-state index in [9.17, 15) is 14.4 Å². The molecule has 1 spiro atoms. The zero-order valence-corrected chi connectivity index (χ0v) is 15.4. The van der Waals surface area contributed by atoms with E-state index in [0.29, 0.717) is 45.1 Å². The summed E-state index contributed by atoms with van der Waals surface area (Å²) >= 11 is 0. The Labute approximate surface area is 153 Å². The summed E-state index contributed by atoms with van der Waals surface area (Å²) in [7, 11) is 0. The normalized spacial score (nSPS) is 35.9. The van der Waals surface area contributed by atoms with Gasteiger partial charge in [0.25, 0.3) is 0 Å². The molecule has 0 aromatic heterocycles. The second-order valence-corrected chi connectivity index (χ2v) is 8.27. The molecule has 4 aliphatic heterocycles. The van der Waals surface area contributed by atoms with Gasteiger partial charge in [-0.2, -0.15) is 0 Å². The zero-order valence-electron chi connectivity index (χ0n) is 15.4. The van der Waals surface area contributed by atoms with Crippen molar-refractivity contribution in [3.8, 4) is 0 Å². The van der Waals surface area contributed by atoms with E-state index in [1.165, 1.54) is 0 Å².